The number of amides is 1. The minimum atomic E-state index is -0.149. The highest BCUT2D eigenvalue weighted by Crippen LogP contribution is 2.35. The summed E-state index contributed by atoms with van der Waals surface area (Å²) >= 11 is 0. The van der Waals surface area contributed by atoms with Gasteiger partial charge in [0.2, 0.25) is 5.91 Å². The second-order valence-corrected chi connectivity index (χ2v) is 5.35. The van der Waals surface area contributed by atoms with Crippen molar-refractivity contribution in [3.8, 4) is 5.75 Å². The second-order valence-electron chi connectivity index (χ2n) is 5.35. The standard InChI is InChI=1S/C15H19NO3/c17-8-6-11-5-7-16(9-11)15(18)13-10-19-14-4-2-1-3-12(13)14/h1-4,11,13,17H,5-10H2. The Hall–Kier alpha value is -1.55. The zero-order valence-corrected chi connectivity index (χ0v) is 10.9. The lowest BCUT2D eigenvalue weighted by Gasteiger charge is -2.20. The van der Waals surface area contributed by atoms with E-state index in [9.17, 15) is 4.79 Å². The van der Waals surface area contributed by atoms with Crippen LogP contribution in [0.2, 0.25) is 0 Å². The van der Waals surface area contributed by atoms with E-state index in [1.807, 2.05) is 29.2 Å². The first-order chi connectivity index (χ1) is 9.29. The number of carbonyl (C=O) groups is 1. The van der Waals surface area contributed by atoms with Crippen LogP contribution in [-0.2, 0) is 4.79 Å². The fourth-order valence-corrected chi connectivity index (χ4v) is 3.04. The van der Waals surface area contributed by atoms with Crippen molar-refractivity contribution in [3.63, 3.8) is 0 Å². The third-order valence-electron chi connectivity index (χ3n) is 4.13. The van der Waals surface area contributed by atoms with Gasteiger partial charge in [-0.3, -0.25) is 4.79 Å². The molecule has 0 radical (unpaired) electrons. The van der Waals surface area contributed by atoms with E-state index in [1.54, 1.807) is 0 Å². The summed E-state index contributed by atoms with van der Waals surface area (Å²) in [5.41, 5.74) is 1.01. The van der Waals surface area contributed by atoms with Crippen LogP contribution in [0.3, 0.4) is 0 Å². The number of carbonyl (C=O) groups excluding carboxylic acids is 1. The van der Waals surface area contributed by atoms with E-state index >= 15 is 0 Å². The van der Waals surface area contributed by atoms with Gasteiger partial charge in [0.1, 0.15) is 18.3 Å². The summed E-state index contributed by atoms with van der Waals surface area (Å²) in [6.07, 6.45) is 1.79. The number of hydrogen-bond acceptors (Lipinski definition) is 3. The van der Waals surface area contributed by atoms with Crippen molar-refractivity contribution in [2.45, 2.75) is 18.8 Å². The Morgan fingerprint density at radius 3 is 3.11 bits per heavy atom. The van der Waals surface area contributed by atoms with Crippen LogP contribution in [0, 0.1) is 5.92 Å². The summed E-state index contributed by atoms with van der Waals surface area (Å²) in [6, 6.07) is 7.78. The van der Waals surface area contributed by atoms with Crippen LogP contribution >= 0.6 is 0 Å². The summed E-state index contributed by atoms with van der Waals surface area (Å²) in [7, 11) is 0. The highest BCUT2D eigenvalue weighted by molar-refractivity contribution is 5.85. The van der Waals surface area contributed by atoms with E-state index in [0.717, 1.165) is 37.2 Å². The summed E-state index contributed by atoms with van der Waals surface area (Å²) in [4.78, 5) is 14.5. The number of rotatable bonds is 3. The van der Waals surface area contributed by atoms with Crippen LogP contribution in [0.1, 0.15) is 24.3 Å². The number of aliphatic hydroxyl groups excluding tert-OH is 1. The quantitative estimate of drug-likeness (QED) is 0.894. The fourth-order valence-electron chi connectivity index (χ4n) is 3.04. The number of hydrogen-bond donors (Lipinski definition) is 1. The molecule has 4 heteroatoms. The van der Waals surface area contributed by atoms with Crippen LogP contribution < -0.4 is 4.74 Å². The molecule has 0 spiro atoms. The lowest BCUT2D eigenvalue weighted by Crippen LogP contribution is -2.34. The Balaban J connectivity index is 1.69. The molecule has 1 aromatic rings. The number of para-hydroxylation sites is 1. The van der Waals surface area contributed by atoms with Crippen molar-refractivity contribution in [2.24, 2.45) is 5.92 Å². The minimum Gasteiger partial charge on any atom is -0.492 e. The molecule has 1 aromatic carbocycles. The molecule has 102 valence electrons. The molecule has 2 aliphatic rings. The second kappa shape index (κ2) is 5.21. The third kappa shape index (κ3) is 2.32. The van der Waals surface area contributed by atoms with Gasteiger partial charge in [-0.05, 0) is 24.8 Å². The normalized spacial score (nSPS) is 25.2. The van der Waals surface area contributed by atoms with Gasteiger partial charge >= 0.3 is 0 Å². The van der Waals surface area contributed by atoms with Crippen LogP contribution in [0.25, 0.3) is 0 Å². The molecule has 19 heavy (non-hydrogen) atoms. The van der Waals surface area contributed by atoms with E-state index in [1.165, 1.54) is 0 Å². The Kier molecular flexibility index (Phi) is 3.42. The molecule has 0 bridgehead atoms. The highest BCUT2D eigenvalue weighted by atomic mass is 16.5. The molecular weight excluding hydrogens is 242 g/mol. The van der Waals surface area contributed by atoms with Crippen LogP contribution in [0.15, 0.2) is 24.3 Å². The van der Waals surface area contributed by atoms with E-state index in [0.29, 0.717) is 12.5 Å². The average molecular weight is 261 g/mol. The molecule has 3 rings (SSSR count). The molecule has 2 aliphatic heterocycles. The number of ether oxygens (including phenoxy) is 1. The SMILES string of the molecule is O=C(C1COc2ccccc21)N1CCC(CCO)C1. The fraction of sp³-hybridized carbons (Fsp3) is 0.533. The van der Waals surface area contributed by atoms with E-state index in [-0.39, 0.29) is 18.4 Å². The van der Waals surface area contributed by atoms with Gasteiger partial charge in [-0.15, -0.1) is 0 Å². The molecule has 1 amide bonds. The Morgan fingerprint density at radius 2 is 2.26 bits per heavy atom. The number of fused-ring (bicyclic) bond motifs is 1. The lowest BCUT2D eigenvalue weighted by atomic mass is 10.00. The van der Waals surface area contributed by atoms with Gasteiger partial charge in [0, 0.05) is 25.3 Å². The van der Waals surface area contributed by atoms with Gasteiger partial charge in [0.15, 0.2) is 0 Å². The van der Waals surface area contributed by atoms with Crippen molar-refractivity contribution in [2.75, 3.05) is 26.3 Å². The van der Waals surface area contributed by atoms with Crippen molar-refractivity contribution in [1.82, 2.24) is 4.90 Å². The Bertz CT molecular complexity index is 474. The first-order valence-electron chi connectivity index (χ1n) is 6.91. The minimum absolute atomic E-state index is 0.149. The summed E-state index contributed by atoms with van der Waals surface area (Å²) < 4.78 is 5.58. The van der Waals surface area contributed by atoms with Crippen molar-refractivity contribution in [1.29, 1.82) is 0 Å². The summed E-state index contributed by atoms with van der Waals surface area (Å²) in [6.45, 7) is 2.25. The molecule has 1 fully saturated rings. The van der Waals surface area contributed by atoms with Gasteiger partial charge < -0.3 is 14.7 Å². The molecule has 2 heterocycles. The zero-order chi connectivity index (χ0) is 13.2. The van der Waals surface area contributed by atoms with Gasteiger partial charge in [-0.1, -0.05) is 18.2 Å². The smallest absolute Gasteiger partial charge is 0.233 e. The van der Waals surface area contributed by atoms with Gasteiger partial charge in [-0.25, -0.2) is 0 Å². The maximum Gasteiger partial charge on any atom is 0.233 e. The largest absolute Gasteiger partial charge is 0.492 e. The van der Waals surface area contributed by atoms with Gasteiger partial charge in [-0.2, -0.15) is 0 Å². The van der Waals surface area contributed by atoms with Crippen LogP contribution in [0.5, 0.6) is 5.75 Å². The third-order valence-corrected chi connectivity index (χ3v) is 4.13. The van der Waals surface area contributed by atoms with Crippen molar-refractivity contribution in [3.05, 3.63) is 29.8 Å². The van der Waals surface area contributed by atoms with E-state index < -0.39 is 0 Å². The maximum atomic E-state index is 12.5. The molecule has 4 nitrogen and oxygen atoms in total. The summed E-state index contributed by atoms with van der Waals surface area (Å²) in [5, 5.41) is 8.97. The topological polar surface area (TPSA) is 49.8 Å². The van der Waals surface area contributed by atoms with Gasteiger partial charge in [0.25, 0.3) is 0 Å². The van der Waals surface area contributed by atoms with Gasteiger partial charge in [0.05, 0.1) is 0 Å². The molecule has 0 aromatic heterocycles. The molecule has 1 saturated heterocycles. The van der Waals surface area contributed by atoms with E-state index in [2.05, 4.69) is 0 Å². The Labute approximate surface area is 113 Å². The number of aliphatic hydroxyl groups is 1. The molecular formula is C15H19NO3. The zero-order valence-electron chi connectivity index (χ0n) is 10.9. The lowest BCUT2D eigenvalue weighted by molar-refractivity contribution is -0.132. The van der Waals surface area contributed by atoms with Crippen LogP contribution in [-0.4, -0.2) is 42.2 Å². The molecule has 0 aliphatic carbocycles. The molecule has 2 atom stereocenters. The highest BCUT2D eigenvalue weighted by Gasteiger charge is 2.35. The molecule has 2 unspecified atom stereocenters. The monoisotopic (exact) mass is 261 g/mol. The number of benzene rings is 1. The predicted molar refractivity (Wildman–Crippen MR) is 71.1 cm³/mol. The number of nitrogens with zero attached hydrogens (tertiary/aromatic N) is 1. The summed E-state index contributed by atoms with van der Waals surface area (Å²) in [5.74, 6) is 1.31. The first kappa shape index (κ1) is 12.5. The average Bonchev–Trinajstić information content (AvgIpc) is 3.05. The maximum absolute atomic E-state index is 12.5. The van der Waals surface area contributed by atoms with Crippen molar-refractivity contribution >= 4 is 5.91 Å². The Morgan fingerprint density at radius 1 is 1.42 bits per heavy atom. The molecule has 1 N–H and O–H groups in total. The number of likely N-dealkylation sites (tertiary alicyclic amines) is 1. The van der Waals surface area contributed by atoms with Crippen LogP contribution in [0.4, 0.5) is 0 Å². The predicted octanol–water partition coefficient (Wildman–Crippen LogP) is 1.39. The van der Waals surface area contributed by atoms with E-state index in [4.69, 9.17) is 9.84 Å². The van der Waals surface area contributed by atoms with Crippen molar-refractivity contribution < 1.29 is 14.6 Å². The first-order valence-corrected chi connectivity index (χ1v) is 6.91. The molecule has 0 saturated carbocycles.